The van der Waals surface area contributed by atoms with Gasteiger partial charge in [0.25, 0.3) is 5.91 Å². The number of aliphatic hydroxyl groups is 1. The Hall–Kier alpha value is -2.24. The third-order valence-corrected chi connectivity index (χ3v) is 4.62. The Bertz CT molecular complexity index is 977. The van der Waals surface area contributed by atoms with Crippen molar-refractivity contribution in [3.05, 3.63) is 51.7 Å². The second-order valence-electron chi connectivity index (χ2n) is 5.61. The molecule has 0 saturated heterocycles. The highest BCUT2D eigenvalue weighted by atomic mass is 127. The van der Waals surface area contributed by atoms with Crippen LogP contribution >= 0.6 is 22.6 Å². The molecular weight excluding hydrogens is 466 g/mol. The van der Waals surface area contributed by atoms with Gasteiger partial charge in [-0.25, -0.2) is 9.87 Å². The molecule has 0 aliphatic carbocycles. The summed E-state index contributed by atoms with van der Waals surface area (Å²) in [5.74, 6) is -0.930. The van der Waals surface area contributed by atoms with Gasteiger partial charge in [-0.2, -0.15) is 0 Å². The number of carbonyl (C=O) groups is 1. The standard InChI is InChI=1S/C18H18FIN4O3/c1-2-24-15-5-6-21-10-12(15)16(17(24)18(26)23-27-8-7-25)22-14-4-3-11(20)9-13(14)19/h3-6,9-10,22,25H,2,7-8H2,1H3,(H,23,26). The summed E-state index contributed by atoms with van der Waals surface area (Å²) in [4.78, 5) is 21.8. The number of carbonyl (C=O) groups excluding carboxylic acids is 1. The Kier molecular flexibility index (Phi) is 6.24. The molecule has 9 heteroatoms. The summed E-state index contributed by atoms with van der Waals surface area (Å²) in [5.41, 5.74) is 4.07. The van der Waals surface area contributed by atoms with Crippen molar-refractivity contribution in [1.82, 2.24) is 15.0 Å². The van der Waals surface area contributed by atoms with Gasteiger partial charge in [-0.1, -0.05) is 0 Å². The Morgan fingerprint density at radius 2 is 2.22 bits per heavy atom. The van der Waals surface area contributed by atoms with Gasteiger partial charge in [0.05, 0.1) is 30.1 Å². The largest absolute Gasteiger partial charge is 0.394 e. The molecule has 0 radical (unpaired) electrons. The number of fused-ring (bicyclic) bond motifs is 1. The number of aromatic nitrogens is 2. The van der Waals surface area contributed by atoms with E-state index in [-0.39, 0.29) is 24.6 Å². The second kappa shape index (κ2) is 8.63. The second-order valence-corrected chi connectivity index (χ2v) is 6.86. The van der Waals surface area contributed by atoms with E-state index < -0.39 is 11.7 Å². The molecule has 0 fully saturated rings. The third kappa shape index (κ3) is 4.04. The average molecular weight is 484 g/mol. The Morgan fingerprint density at radius 1 is 1.41 bits per heavy atom. The molecule has 0 saturated carbocycles. The molecule has 3 aromatic rings. The predicted octanol–water partition coefficient (Wildman–Crippen LogP) is 3.20. The van der Waals surface area contributed by atoms with E-state index in [1.54, 1.807) is 35.2 Å². The van der Waals surface area contributed by atoms with E-state index in [0.717, 1.165) is 9.09 Å². The zero-order valence-corrected chi connectivity index (χ0v) is 16.7. The summed E-state index contributed by atoms with van der Waals surface area (Å²) in [6, 6.07) is 6.59. The van der Waals surface area contributed by atoms with Crippen LogP contribution in [0.5, 0.6) is 0 Å². The molecule has 0 aliphatic heterocycles. The van der Waals surface area contributed by atoms with Crippen LogP contribution in [0.3, 0.4) is 0 Å². The van der Waals surface area contributed by atoms with Gasteiger partial charge < -0.3 is 15.0 Å². The fraction of sp³-hybridized carbons (Fsp3) is 0.222. The van der Waals surface area contributed by atoms with Crippen LogP contribution in [0, 0.1) is 9.39 Å². The first-order chi connectivity index (χ1) is 13.1. The van der Waals surface area contributed by atoms with Crippen LogP contribution < -0.4 is 10.8 Å². The van der Waals surface area contributed by atoms with Crippen LogP contribution in [-0.4, -0.2) is 33.8 Å². The maximum Gasteiger partial charge on any atom is 0.293 e. The summed E-state index contributed by atoms with van der Waals surface area (Å²) < 4.78 is 16.9. The number of anilines is 2. The van der Waals surface area contributed by atoms with Crippen molar-refractivity contribution in [3.8, 4) is 0 Å². The van der Waals surface area contributed by atoms with Crippen LogP contribution in [0.1, 0.15) is 17.4 Å². The first-order valence-electron chi connectivity index (χ1n) is 8.28. The van der Waals surface area contributed by atoms with Crippen molar-refractivity contribution in [2.24, 2.45) is 0 Å². The van der Waals surface area contributed by atoms with Crippen LogP contribution in [-0.2, 0) is 11.4 Å². The van der Waals surface area contributed by atoms with Gasteiger partial charge in [0.15, 0.2) is 0 Å². The van der Waals surface area contributed by atoms with E-state index in [4.69, 9.17) is 9.94 Å². The summed E-state index contributed by atoms with van der Waals surface area (Å²) in [6.07, 6.45) is 3.26. The minimum atomic E-state index is -0.505. The highest BCUT2D eigenvalue weighted by Crippen LogP contribution is 2.34. The Labute approximate surface area is 168 Å². The number of hydrogen-bond acceptors (Lipinski definition) is 5. The van der Waals surface area contributed by atoms with Crippen molar-refractivity contribution in [3.63, 3.8) is 0 Å². The number of nitrogens with one attached hydrogen (secondary N) is 2. The van der Waals surface area contributed by atoms with Crippen molar-refractivity contribution < 1.29 is 19.1 Å². The summed E-state index contributed by atoms with van der Waals surface area (Å²) >= 11 is 2.03. The topological polar surface area (TPSA) is 88.4 Å². The van der Waals surface area contributed by atoms with E-state index in [1.165, 1.54) is 6.07 Å². The van der Waals surface area contributed by atoms with Gasteiger partial charge in [0, 0.05) is 27.9 Å². The smallest absolute Gasteiger partial charge is 0.293 e. The molecular formula is C18H18FIN4O3. The quantitative estimate of drug-likeness (QED) is 0.273. The number of benzene rings is 1. The highest BCUT2D eigenvalue weighted by molar-refractivity contribution is 14.1. The van der Waals surface area contributed by atoms with Crippen LogP contribution in [0.2, 0.25) is 0 Å². The van der Waals surface area contributed by atoms with Crippen LogP contribution in [0.4, 0.5) is 15.8 Å². The van der Waals surface area contributed by atoms with Gasteiger partial charge in [0.2, 0.25) is 0 Å². The number of aryl methyl sites for hydroxylation is 1. The maximum absolute atomic E-state index is 14.4. The molecule has 0 bridgehead atoms. The molecule has 3 rings (SSSR count). The van der Waals surface area contributed by atoms with Gasteiger partial charge in [-0.15, -0.1) is 0 Å². The predicted molar refractivity (Wildman–Crippen MR) is 108 cm³/mol. The van der Waals surface area contributed by atoms with Gasteiger partial charge in [-0.05, 0) is 53.8 Å². The SMILES string of the molecule is CCn1c(C(=O)NOCCO)c(Nc2ccc(I)cc2F)c2cnccc21. The molecule has 27 heavy (non-hydrogen) atoms. The zero-order chi connectivity index (χ0) is 19.4. The molecule has 0 atom stereocenters. The lowest BCUT2D eigenvalue weighted by atomic mass is 10.2. The molecule has 142 valence electrons. The van der Waals surface area contributed by atoms with Crippen molar-refractivity contribution in [2.75, 3.05) is 18.5 Å². The number of pyridine rings is 1. The summed E-state index contributed by atoms with van der Waals surface area (Å²) in [5, 5.41) is 12.5. The minimum Gasteiger partial charge on any atom is -0.394 e. The normalized spacial score (nSPS) is 11.0. The third-order valence-electron chi connectivity index (χ3n) is 3.95. The van der Waals surface area contributed by atoms with Gasteiger partial charge >= 0.3 is 0 Å². The lowest BCUT2D eigenvalue weighted by molar-refractivity contribution is 0.0163. The molecule has 0 aliphatic rings. The first-order valence-corrected chi connectivity index (χ1v) is 9.36. The molecule has 2 aromatic heterocycles. The molecule has 1 aromatic carbocycles. The van der Waals surface area contributed by atoms with E-state index >= 15 is 0 Å². The van der Waals surface area contributed by atoms with E-state index in [0.29, 0.717) is 17.6 Å². The van der Waals surface area contributed by atoms with Crippen molar-refractivity contribution >= 4 is 50.8 Å². The lowest BCUT2D eigenvalue weighted by Gasteiger charge is -2.12. The van der Waals surface area contributed by atoms with Crippen LogP contribution in [0.25, 0.3) is 10.9 Å². The number of halogens is 2. The number of rotatable bonds is 7. The fourth-order valence-electron chi connectivity index (χ4n) is 2.83. The highest BCUT2D eigenvalue weighted by Gasteiger charge is 2.23. The van der Waals surface area contributed by atoms with Gasteiger partial charge in [-0.3, -0.25) is 14.6 Å². The number of nitrogens with zero attached hydrogens (tertiary/aromatic N) is 2. The number of hydrogen-bond donors (Lipinski definition) is 3. The Balaban J connectivity index is 2.11. The fourth-order valence-corrected chi connectivity index (χ4v) is 3.28. The maximum atomic E-state index is 14.4. The molecule has 0 unspecified atom stereocenters. The monoisotopic (exact) mass is 484 g/mol. The molecule has 2 heterocycles. The van der Waals surface area contributed by atoms with Crippen LogP contribution in [0.15, 0.2) is 36.7 Å². The minimum absolute atomic E-state index is 0.0336. The first kappa shape index (κ1) is 19.5. The average Bonchev–Trinajstić information content (AvgIpc) is 2.97. The number of hydroxylamine groups is 1. The lowest BCUT2D eigenvalue weighted by Crippen LogP contribution is -2.28. The van der Waals surface area contributed by atoms with Crippen molar-refractivity contribution in [2.45, 2.75) is 13.5 Å². The molecule has 1 amide bonds. The van der Waals surface area contributed by atoms with E-state index in [9.17, 15) is 9.18 Å². The molecule has 0 spiro atoms. The number of aliphatic hydroxyl groups excluding tert-OH is 1. The molecule has 7 nitrogen and oxygen atoms in total. The summed E-state index contributed by atoms with van der Waals surface area (Å²) in [6.45, 7) is 2.16. The van der Waals surface area contributed by atoms with E-state index in [2.05, 4.69) is 15.8 Å². The van der Waals surface area contributed by atoms with Gasteiger partial charge in [0.1, 0.15) is 11.5 Å². The zero-order valence-electron chi connectivity index (χ0n) is 14.5. The Morgan fingerprint density at radius 3 is 2.93 bits per heavy atom. The summed E-state index contributed by atoms with van der Waals surface area (Å²) in [7, 11) is 0. The molecule has 3 N–H and O–H groups in total. The van der Waals surface area contributed by atoms with Crippen molar-refractivity contribution in [1.29, 1.82) is 0 Å². The van der Waals surface area contributed by atoms with E-state index in [1.807, 2.05) is 29.5 Å². The number of amides is 1.